The largest absolute Gasteiger partial charge is 0.354 e. The van der Waals surface area contributed by atoms with E-state index >= 15 is 0 Å². The average Bonchev–Trinajstić information content (AvgIpc) is 3.31. The Bertz CT molecular complexity index is 798. The van der Waals surface area contributed by atoms with Gasteiger partial charge in [0, 0.05) is 32.2 Å². The minimum absolute atomic E-state index is 0. The molecule has 9 nitrogen and oxygen atoms in total. The third kappa shape index (κ3) is 6.78. The zero-order valence-corrected chi connectivity index (χ0v) is 21.4. The molecule has 11 heteroatoms. The predicted octanol–water partition coefficient (Wildman–Crippen LogP) is 1.92. The Labute approximate surface area is 197 Å². The zero-order chi connectivity index (χ0) is 20.9. The zero-order valence-electron chi connectivity index (χ0n) is 18.3. The van der Waals surface area contributed by atoms with Crippen molar-refractivity contribution >= 4 is 40.0 Å². The quantitative estimate of drug-likeness (QED) is 0.304. The number of aliphatic imine (C=N–C) groups is 1. The van der Waals surface area contributed by atoms with Crippen LogP contribution in [0.5, 0.6) is 0 Å². The molecule has 0 atom stereocenters. The molecule has 1 saturated heterocycles. The van der Waals surface area contributed by atoms with E-state index in [1.807, 2.05) is 25.5 Å². The molecule has 30 heavy (non-hydrogen) atoms. The number of piperidine rings is 1. The highest BCUT2D eigenvalue weighted by atomic mass is 127. The summed E-state index contributed by atoms with van der Waals surface area (Å²) >= 11 is 0. The van der Waals surface area contributed by atoms with Crippen LogP contribution in [0.2, 0.25) is 0 Å². The van der Waals surface area contributed by atoms with Gasteiger partial charge >= 0.3 is 0 Å². The molecule has 1 saturated carbocycles. The Morgan fingerprint density at radius 3 is 2.23 bits per heavy atom. The number of halogens is 1. The van der Waals surface area contributed by atoms with E-state index in [-0.39, 0.29) is 35.8 Å². The smallest absolute Gasteiger partial charge is 0.214 e. The van der Waals surface area contributed by atoms with Crippen LogP contribution in [0.15, 0.2) is 4.99 Å². The number of nitrogens with zero attached hydrogens (tertiary/aromatic N) is 5. The van der Waals surface area contributed by atoms with Gasteiger partial charge in [-0.15, -0.1) is 34.2 Å². The summed E-state index contributed by atoms with van der Waals surface area (Å²) in [6.07, 6.45) is 7.07. The van der Waals surface area contributed by atoms with Gasteiger partial charge in [0.05, 0.1) is 5.75 Å². The number of hydrogen-bond donors (Lipinski definition) is 2. The van der Waals surface area contributed by atoms with Crippen molar-refractivity contribution in [2.45, 2.75) is 77.4 Å². The molecule has 0 amide bonds. The van der Waals surface area contributed by atoms with Crippen LogP contribution in [0.3, 0.4) is 0 Å². The summed E-state index contributed by atoms with van der Waals surface area (Å²) in [6.45, 7) is 5.43. The first kappa shape index (κ1) is 25.3. The molecule has 0 spiro atoms. The van der Waals surface area contributed by atoms with Gasteiger partial charge in [0.2, 0.25) is 10.0 Å². The van der Waals surface area contributed by atoms with Crippen molar-refractivity contribution < 1.29 is 8.42 Å². The molecule has 1 aliphatic heterocycles. The van der Waals surface area contributed by atoms with Gasteiger partial charge in [-0.2, -0.15) is 0 Å². The Morgan fingerprint density at radius 1 is 1.10 bits per heavy atom. The van der Waals surface area contributed by atoms with Crippen LogP contribution in [0.4, 0.5) is 0 Å². The van der Waals surface area contributed by atoms with Gasteiger partial charge in [-0.1, -0.05) is 19.8 Å². The number of guanidine groups is 1. The van der Waals surface area contributed by atoms with E-state index < -0.39 is 10.0 Å². The predicted molar refractivity (Wildman–Crippen MR) is 129 cm³/mol. The standard InChI is InChI=1S/C19H35N7O2S.HI/c1-4-13-29(27,28)26-11-9-17(10-12-26)22-19(21-16-7-5-6-8-16)20-14-18-24-23-15(2)25(18)3;/h16-17H,4-14H2,1-3H3,(H2,20,21,22);1H. The number of aryl methyl sites for hydroxylation is 1. The average molecular weight is 554 g/mol. The van der Waals surface area contributed by atoms with Crippen LogP contribution < -0.4 is 10.6 Å². The summed E-state index contributed by atoms with van der Waals surface area (Å²) in [5.41, 5.74) is 0. The first-order chi connectivity index (χ1) is 13.9. The summed E-state index contributed by atoms with van der Waals surface area (Å²) in [6, 6.07) is 0.671. The van der Waals surface area contributed by atoms with Gasteiger partial charge in [-0.25, -0.2) is 17.7 Å². The molecule has 1 aromatic rings. The van der Waals surface area contributed by atoms with E-state index in [9.17, 15) is 8.42 Å². The van der Waals surface area contributed by atoms with E-state index in [1.54, 1.807) is 4.31 Å². The SMILES string of the molecule is CCCS(=O)(=O)N1CCC(NC(=NCc2nnc(C)n2C)NC2CCCC2)CC1.I. The van der Waals surface area contributed by atoms with Crippen molar-refractivity contribution in [3.05, 3.63) is 11.6 Å². The molecule has 1 aromatic heterocycles. The normalized spacial score (nSPS) is 19.6. The summed E-state index contributed by atoms with van der Waals surface area (Å²) in [5.74, 6) is 2.73. The molecule has 0 aromatic carbocycles. The van der Waals surface area contributed by atoms with Gasteiger partial charge in [0.25, 0.3) is 0 Å². The van der Waals surface area contributed by atoms with E-state index in [1.165, 1.54) is 12.8 Å². The van der Waals surface area contributed by atoms with Crippen molar-refractivity contribution in [1.29, 1.82) is 0 Å². The second-order valence-electron chi connectivity index (χ2n) is 8.15. The highest BCUT2D eigenvalue weighted by molar-refractivity contribution is 14.0. The highest BCUT2D eigenvalue weighted by Crippen LogP contribution is 2.18. The van der Waals surface area contributed by atoms with Crippen molar-refractivity contribution in [3.8, 4) is 0 Å². The van der Waals surface area contributed by atoms with Gasteiger partial charge < -0.3 is 15.2 Å². The molecular weight excluding hydrogens is 517 g/mol. The molecule has 2 N–H and O–H groups in total. The van der Waals surface area contributed by atoms with Gasteiger partial charge in [-0.05, 0) is 39.0 Å². The molecule has 0 bridgehead atoms. The maximum absolute atomic E-state index is 12.3. The van der Waals surface area contributed by atoms with Crippen molar-refractivity contribution in [2.75, 3.05) is 18.8 Å². The third-order valence-corrected chi connectivity index (χ3v) is 7.98. The summed E-state index contributed by atoms with van der Waals surface area (Å²) in [7, 11) is -1.16. The summed E-state index contributed by atoms with van der Waals surface area (Å²) in [4.78, 5) is 4.76. The highest BCUT2D eigenvalue weighted by Gasteiger charge is 2.28. The van der Waals surface area contributed by atoms with Crippen molar-refractivity contribution in [3.63, 3.8) is 0 Å². The fourth-order valence-corrected chi connectivity index (χ4v) is 5.53. The molecule has 2 heterocycles. The fourth-order valence-electron chi connectivity index (χ4n) is 3.99. The Morgan fingerprint density at radius 2 is 1.70 bits per heavy atom. The number of rotatable bonds is 7. The molecule has 0 radical (unpaired) electrons. The van der Waals surface area contributed by atoms with Crippen LogP contribution in [-0.4, -0.2) is 64.4 Å². The molecule has 172 valence electrons. The van der Waals surface area contributed by atoms with Crippen LogP contribution in [-0.2, 0) is 23.6 Å². The molecule has 2 fully saturated rings. The summed E-state index contributed by atoms with van der Waals surface area (Å²) in [5, 5.41) is 15.4. The molecular formula is C19H36IN7O2S. The number of sulfonamides is 1. The number of nitrogens with one attached hydrogen (secondary N) is 2. The van der Waals surface area contributed by atoms with Crippen LogP contribution >= 0.6 is 24.0 Å². The van der Waals surface area contributed by atoms with E-state index in [2.05, 4.69) is 20.8 Å². The minimum Gasteiger partial charge on any atom is -0.354 e. The minimum atomic E-state index is -3.11. The van der Waals surface area contributed by atoms with E-state index in [0.29, 0.717) is 32.1 Å². The Hall–Kier alpha value is -0.950. The van der Waals surface area contributed by atoms with Gasteiger partial charge in [0.1, 0.15) is 12.4 Å². The topological polar surface area (TPSA) is 105 Å². The second kappa shape index (κ2) is 11.6. The van der Waals surface area contributed by atoms with Crippen LogP contribution in [0, 0.1) is 6.92 Å². The molecule has 0 unspecified atom stereocenters. The first-order valence-corrected chi connectivity index (χ1v) is 12.4. The van der Waals surface area contributed by atoms with E-state index in [0.717, 1.165) is 43.3 Å². The lowest BCUT2D eigenvalue weighted by atomic mass is 10.1. The molecule has 1 aliphatic carbocycles. The van der Waals surface area contributed by atoms with Crippen LogP contribution in [0.1, 0.15) is 63.5 Å². The lowest BCUT2D eigenvalue weighted by Gasteiger charge is -2.32. The van der Waals surface area contributed by atoms with Crippen molar-refractivity contribution in [1.82, 2.24) is 29.7 Å². The van der Waals surface area contributed by atoms with Crippen LogP contribution in [0.25, 0.3) is 0 Å². The van der Waals surface area contributed by atoms with E-state index in [4.69, 9.17) is 4.99 Å². The second-order valence-corrected chi connectivity index (χ2v) is 10.2. The monoisotopic (exact) mass is 553 g/mol. The first-order valence-electron chi connectivity index (χ1n) is 10.8. The fraction of sp³-hybridized carbons (Fsp3) is 0.842. The molecule has 3 rings (SSSR count). The number of aromatic nitrogens is 3. The lowest BCUT2D eigenvalue weighted by molar-refractivity contribution is 0.305. The van der Waals surface area contributed by atoms with Gasteiger partial charge in [-0.3, -0.25) is 0 Å². The Kier molecular flexibility index (Phi) is 9.79. The summed E-state index contributed by atoms with van der Waals surface area (Å²) < 4.78 is 28.2. The van der Waals surface area contributed by atoms with Crippen molar-refractivity contribution in [2.24, 2.45) is 12.0 Å². The van der Waals surface area contributed by atoms with Gasteiger partial charge in [0.15, 0.2) is 11.8 Å². The maximum Gasteiger partial charge on any atom is 0.214 e. The maximum atomic E-state index is 12.3. The molecule has 2 aliphatic rings. The lowest BCUT2D eigenvalue weighted by Crippen LogP contribution is -2.51. The Balaban J connectivity index is 0.00000320. The third-order valence-electron chi connectivity index (χ3n) is 5.91. The number of hydrogen-bond acceptors (Lipinski definition) is 5.